The summed E-state index contributed by atoms with van der Waals surface area (Å²) < 4.78 is 35.7. The third kappa shape index (κ3) is 3.04. The molecule has 0 saturated heterocycles. The van der Waals surface area contributed by atoms with Crippen LogP contribution in [-0.4, -0.2) is 23.8 Å². The highest BCUT2D eigenvalue weighted by Crippen LogP contribution is 2.24. The lowest BCUT2D eigenvalue weighted by molar-refractivity contribution is -0.115. The summed E-state index contributed by atoms with van der Waals surface area (Å²) >= 11 is 0. The van der Waals surface area contributed by atoms with Gasteiger partial charge in [0.1, 0.15) is 6.54 Å². The molecule has 0 fully saturated rings. The zero-order valence-electron chi connectivity index (χ0n) is 8.01. The summed E-state index contributed by atoms with van der Waals surface area (Å²) in [6, 6.07) is 3.82. The second-order valence-corrected chi connectivity index (χ2v) is 3.04. The van der Waals surface area contributed by atoms with Crippen LogP contribution in [-0.2, 0) is 0 Å². The van der Waals surface area contributed by atoms with Crippen molar-refractivity contribution in [3.63, 3.8) is 0 Å². The number of hydrogen-bond acceptors (Lipinski definition) is 3. The maximum absolute atomic E-state index is 11.9. The number of para-hydroxylation sites is 1. The van der Waals surface area contributed by atoms with Gasteiger partial charge in [0.2, 0.25) is 0 Å². The summed E-state index contributed by atoms with van der Waals surface area (Å²) in [5, 5.41) is 10.7. The van der Waals surface area contributed by atoms with Gasteiger partial charge >= 0.3 is 12.1 Å². The number of benzene rings is 1. The zero-order chi connectivity index (χ0) is 12.3. The van der Waals surface area contributed by atoms with Gasteiger partial charge in [-0.05, 0) is 12.1 Å². The smallest absolute Gasteiger partial charge is 0.405 e. The maximum Gasteiger partial charge on any atom is 0.405 e. The fraction of sp³-hybridized carbons (Fsp3) is 0.222. The van der Waals surface area contributed by atoms with E-state index in [0.717, 1.165) is 0 Å². The number of hydrogen-bond donors (Lipinski definition) is 3. The monoisotopic (exact) mass is 234 g/mol. The lowest BCUT2D eigenvalue weighted by Crippen LogP contribution is -2.22. The number of nitrogen functional groups attached to an aromatic ring is 1. The molecule has 0 spiro atoms. The average Bonchev–Trinajstić information content (AvgIpc) is 2.14. The number of nitrogens with one attached hydrogen (secondary N) is 1. The number of halogens is 3. The summed E-state index contributed by atoms with van der Waals surface area (Å²) in [5.74, 6) is -1.28. The fourth-order valence-corrected chi connectivity index (χ4v) is 1.10. The molecule has 7 heteroatoms. The van der Waals surface area contributed by atoms with Gasteiger partial charge in [-0.1, -0.05) is 6.07 Å². The quantitative estimate of drug-likeness (QED) is 0.698. The van der Waals surface area contributed by atoms with Gasteiger partial charge in [-0.3, -0.25) is 0 Å². The summed E-state index contributed by atoms with van der Waals surface area (Å²) in [4.78, 5) is 10.6. The molecule has 0 radical (unpaired) electrons. The molecule has 0 aliphatic carbocycles. The van der Waals surface area contributed by atoms with Gasteiger partial charge in [-0.25, -0.2) is 4.79 Å². The molecule has 0 heterocycles. The van der Waals surface area contributed by atoms with Crippen molar-refractivity contribution in [3.05, 3.63) is 23.8 Å². The minimum absolute atomic E-state index is 0.0442. The van der Waals surface area contributed by atoms with E-state index >= 15 is 0 Å². The van der Waals surface area contributed by atoms with Crippen LogP contribution in [0.25, 0.3) is 0 Å². The van der Waals surface area contributed by atoms with Gasteiger partial charge < -0.3 is 16.2 Å². The molecule has 16 heavy (non-hydrogen) atoms. The highest BCUT2D eigenvalue weighted by Gasteiger charge is 2.27. The van der Waals surface area contributed by atoms with E-state index in [4.69, 9.17) is 10.8 Å². The Kier molecular flexibility index (Phi) is 3.26. The minimum Gasteiger partial charge on any atom is -0.478 e. The van der Waals surface area contributed by atoms with Crippen LogP contribution in [0.1, 0.15) is 10.4 Å². The Morgan fingerprint density at radius 3 is 2.56 bits per heavy atom. The highest BCUT2D eigenvalue weighted by atomic mass is 19.4. The minimum atomic E-state index is -4.38. The highest BCUT2D eigenvalue weighted by molar-refractivity contribution is 5.97. The first-order valence-corrected chi connectivity index (χ1v) is 4.23. The van der Waals surface area contributed by atoms with Crippen molar-refractivity contribution < 1.29 is 23.1 Å². The molecule has 0 bridgehead atoms. The molecule has 0 atom stereocenters. The van der Waals surface area contributed by atoms with Crippen molar-refractivity contribution >= 4 is 17.3 Å². The number of aromatic carboxylic acids is 1. The SMILES string of the molecule is Nc1c(NCC(F)(F)F)cccc1C(=O)O. The molecule has 1 rings (SSSR count). The molecule has 1 aromatic rings. The first-order valence-electron chi connectivity index (χ1n) is 4.23. The summed E-state index contributed by atoms with van der Waals surface area (Å²) in [7, 11) is 0. The fourth-order valence-electron chi connectivity index (χ4n) is 1.10. The first kappa shape index (κ1) is 12.2. The molecule has 4 N–H and O–H groups in total. The third-order valence-corrected chi connectivity index (χ3v) is 1.82. The largest absolute Gasteiger partial charge is 0.478 e. The molecule has 88 valence electrons. The van der Waals surface area contributed by atoms with E-state index in [2.05, 4.69) is 0 Å². The molecular weight excluding hydrogens is 225 g/mol. The van der Waals surface area contributed by atoms with Crippen LogP contribution < -0.4 is 11.1 Å². The standard InChI is InChI=1S/C9H9F3N2O2/c10-9(11,12)4-14-6-3-1-2-5(7(6)13)8(15)16/h1-3,14H,4,13H2,(H,15,16). The Labute approximate surface area is 88.9 Å². The number of carboxylic acids is 1. The van der Waals surface area contributed by atoms with Crippen molar-refractivity contribution in [2.75, 3.05) is 17.6 Å². The van der Waals surface area contributed by atoms with Crippen LogP contribution in [0.15, 0.2) is 18.2 Å². The number of anilines is 2. The van der Waals surface area contributed by atoms with Crippen LogP contribution in [0.4, 0.5) is 24.5 Å². The molecule has 0 aliphatic rings. The second kappa shape index (κ2) is 4.30. The van der Waals surface area contributed by atoms with E-state index in [1.54, 1.807) is 0 Å². The number of nitrogens with two attached hydrogens (primary N) is 1. The van der Waals surface area contributed by atoms with Crippen LogP contribution in [0.3, 0.4) is 0 Å². The normalized spacial score (nSPS) is 11.2. The van der Waals surface area contributed by atoms with Gasteiger partial charge in [0.15, 0.2) is 0 Å². The van der Waals surface area contributed by atoms with Crippen molar-refractivity contribution in [3.8, 4) is 0 Å². The molecule has 1 aromatic carbocycles. The number of rotatable bonds is 3. The Hall–Kier alpha value is -1.92. The van der Waals surface area contributed by atoms with Crippen molar-refractivity contribution in [2.45, 2.75) is 6.18 Å². The summed E-state index contributed by atoms with van der Waals surface area (Å²) in [6.07, 6.45) is -4.38. The van der Waals surface area contributed by atoms with Gasteiger partial charge in [0.05, 0.1) is 16.9 Å². The number of carboxylic acid groups (broad SMARTS) is 1. The number of alkyl halides is 3. The van der Waals surface area contributed by atoms with Crippen LogP contribution in [0.2, 0.25) is 0 Å². The number of carbonyl (C=O) groups is 1. The maximum atomic E-state index is 11.9. The third-order valence-electron chi connectivity index (χ3n) is 1.82. The summed E-state index contributed by atoms with van der Waals surface area (Å²) in [5.41, 5.74) is 4.92. The topological polar surface area (TPSA) is 75.3 Å². The van der Waals surface area contributed by atoms with Crippen LogP contribution in [0, 0.1) is 0 Å². The van der Waals surface area contributed by atoms with Crippen molar-refractivity contribution in [1.29, 1.82) is 0 Å². The van der Waals surface area contributed by atoms with Crippen molar-refractivity contribution in [2.24, 2.45) is 0 Å². The molecular formula is C9H9F3N2O2. The molecule has 0 aromatic heterocycles. The van der Waals surface area contributed by atoms with Crippen molar-refractivity contribution in [1.82, 2.24) is 0 Å². The van der Waals surface area contributed by atoms with E-state index in [1.165, 1.54) is 18.2 Å². The van der Waals surface area contributed by atoms with E-state index in [1.807, 2.05) is 5.32 Å². The van der Waals surface area contributed by atoms with E-state index < -0.39 is 18.7 Å². The lowest BCUT2D eigenvalue weighted by atomic mass is 10.1. The molecule has 4 nitrogen and oxygen atoms in total. The Morgan fingerprint density at radius 1 is 1.44 bits per heavy atom. The predicted molar refractivity (Wildman–Crippen MR) is 52.4 cm³/mol. The molecule has 0 aliphatic heterocycles. The second-order valence-electron chi connectivity index (χ2n) is 3.04. The Bertz CT molecular complexity index is 404. The predicted octanol–water partition coefficient (Wildman–Crippen LogP) is 1.94. The zero-order valence-corrected chi connectivity index (χ0v) is 8.01. The Balaban J connectivity index is 2.90. The van der Waals surface area contributed by atoms with E-state index in [-0.39, 0.29) is 16.9 Å². The Morgan fingerprint density at radius 2 is 2.06 bits per heavy atom. The molecule has 0 saturated carbocycles. The van der Waals surface area contributed by atoms with Gasteiger partial charge in [-0.15, -0.1) is 0 Å². The lowest BCUT2D eigenvalue weighted by Gasteiger charge is -2.12. The first-order chi connectivity index (χ1) is 7.31. The average molecular weight is 234 g/mol. The van der Waals surface area contributed by atoms with Gasteiger partial charge in [0.25, 0.3) is 0 Å². The molecule has 0 unspecified atom stereocenters. The van der Waals surface area contributed by atoms with Crippen LogP contribution >= 0.6 is 0 Å². The van der Waals surface area contributed by atoms with Gasteiger partial charge in [0, 0.05) is 0 Å². The van der Waals surface area contributed by atoms with Crippen LogP contribution in [0.5, 0.6) is 0 Å². The molecule has 0 amide bonds. The van der Waals surface area contributed by atoms with Gasteiger partial charge in [-0.2, -0.15) is 13.2 Å². The van der Waals surface area contributed by atoms with E-state index in [9.17, 15) is 18.0 Å². The summed E-state index contributed by atoms with van der Waals surface area (Å²) in [6.45, 7) is -1.26. The van der Waals surface area contributed by atoms with E-state index in [0.29, 0.717) is 0 Å².